The topological polar surface area (TPSA) is 88.1 Å². The Morgan fingerprint density at radius 1 is 1.18 bits per heavy atom. The second-order valence-corrected chi connectivity index (χ2v) is 7.96. The summed E-state index contributed by atoms with van der Waals surface area (Å²) in [6.45, 7) is 7.07. The minimum atomic E-state index is -0.900. The standard InChI is InChI=1S/C21H30N2O5/c1-13(2)20(15-5-8-17-18(11-15)28-10-4-9-27-17)22-19(24)12-23(16-6-7-16)14(3)21(25)26/h5,8,11,13-14,16,20H,4,6-7,9-10,12H2,1-3H3,(H,22,24)(H,25,26). The number of amides is 1. The Bertz CT molecular complexity index is 717. The van der Waals surface area contributed by atoms with Crippen LogP contribution in [0.4, 0.5) is 0 Å². The zero-order chi connectivity index (χ0) is 20.3. The summed E-state index contributed by atoms with van der Waals surface area (Å²) in [5.74, 6) is 0.535. The van der Waals surface area contributed by atoms with Crippen LogP contribution in [0.5, 0.6) is 11.5 Å². The van der Waals surface area contributed by atoms with E-state index in [1.165, 1.54) is 0 Å². The molecule has 1 aromatic rings. The minimum absolute atomic E-state index is 0.0892. The van der Waals surface area contributed by atoms with Crippen molar-refractivity contribution in [3.05, 3.63) is 23.8 Å². The van der Waals surface area contributed by atoms with Crippen molar-refractivity contribution in [2.45, 2.75) is 58.2 Å². The molecule has 2 aliphatic rings. The number of hydrogen-bond acceptors (Lipinski definition) is 5. The van der Waals surface area contributed by atoms with Crippen molar-refractivity contribution in [1.82, 2.24) is 10.2 Å². The van der Waals surface area contributed by atoms with E-state index in [4.69, 9.17) is 9.47 Å². The van der Waals surface area contributed by atoms with Gasteiger partial charge < -0.3 is 19.9 Å². The Kier molecular flexibility index (Phi) is 6.44. The third-order valence-electron chi connectivity index (χ3n) is 5.31. The zero-order valence-corrected chi connectivity index (χ0v) is 16.8. The normalized spacial score (nSPS) is 18.5. The van der Waals surface area contributed by atoms with Crippen molar-refractivity contribution in [3.63, 3.8) is 0 Å². The van der Waals surface area contributed by atoms with Crippen molar-refractivity contribution < 1.29 is 24.2 Å². The van der Waals surface area contributed by atoms with Gasteiger partial charge in [0.2, 0.25) is 5.91 Å². The summed E-state index contributed by atoms with van der Waals surface area (Å²) in [4.78, 5) is 25.9. The first-order valence-corrected chi connectivity index (χ1v) is 10.0. The van der Waals surface area contributed by atoms with Crippen molar-refractivity contribution in [3.8, 4) is 11.5 Å². The van der Waals surface area contributed by atoms with E-state index in [9.17, 15) is 14.7 Å². The maximum Gasteiger partial charge on any atom is 0.320 e. The summed E-state index contributed by atoms with van der Waals surface area (Å²) in [5.41, 5.74) is 0.955. The molecule has 1 saturated carbocycles. The largest absolute Gasteiger partial charge is 0.490 e. The lowest BCUT2D eigenvalue weighted by Gasteiger charge is -2.28. The molecule has 2 N–H and O–H groups in total. The molecule has 2 unspecified atom stereocenters. The van der Waals surface area contributed by atoms with Crippen molar-refractivity contribution >= 4 is 11.9 Å². The lowest BCUT2D eigenvalue weighted by atomic mass is 9.95. The molecule has 1 amide bonds. The molecule has 0 saturated heterocycles. The maximum absolute atomic E-state index is 12.7. The second-order valence-electron chi connectivity index (χ2n) is 7.96. The second kappa shape index (κ2) is 8.82. The number of carbonyl (C=O) groups is 2. The third kappa shape index (κ3) is 4.95. The van der Waals surface area contributed by atoms with Crippen LogP contribution < -0.4 is 14.8 Å². The number of rotatable bonds is 8. The van der Waals surface area contributed by atoms with E-state index < -0.39 is 12.0 Å². The van der Waals surface area contributed by atoms with Crippen LogP contribution in [-0.2, 0) is 9.59 Å². The molecule has 0 spiro atoms. The van der Waals surface area contributed by atoms with E-state index in [1.807, 2.05) is 32.0 Å². The summed E-state index contributed by atoms with van der Waals surface area (Å²) in [6, 6.07) is 5.11. The van der Waals surface area contributed by atoms with Crippen molar-refractivity contribution in [2.75, 3.05) is 19.8 Å². The first-order valence-electron chi connectivity index (χ1n) is 10.0. The molecule has 2 atom stereocenters. The van der Waals surface area contributed by atoms with Gasteiger partial charge in [0.05, 0.1) is 25.8 Å². The smallest absolute Gasteiger partial charge is 0.320 e. The van der Waals surface area contributed by atoms with E-state index in [1.54, 1.807) is 11.8 Å². The number of nitrogens with zero attached hydrogens (tertiary/aromatic N) is 1. The Balaban J connectivity index is 1.71. The number of carbonyl (C=O) groups excluding carboxylic acids is 1. The SMILES string of the molecule is CC(C)C(NC(=O)CN(C1CC1)C(C)C(=O)O)c1ccc2c(c1)OCCCO2. The van der Waals surface area contributed by atoms with Crippen LogP contribution in [0.25, 0.3) is 0 Å². The van der Waals surface area contributed by atoms with E-state index in [2.05, 4.69) is 5.32 Å². The van der Waals surface area contributed by atoms with E-state index >= 15 is 0 Å². The fraction of sp³-hybridized carbons (Fsp3) is 0.619. The van der Waals surface area contributed by atoms with Crippen LogP contribution in [0.2, 0.25) is 0 Å². The van der Waals surface area contributed by atoms with Gasteiger partial charge >= 0.3 is 5.97 Å². The van der Waals surface area contributed by atoms with Gasteiger partial charge in [0.15, 0.2) is 11.5 Å². The molecule has 1 aliphatic carbocycles. The fourth-order valence-electron chi connectivity index (χ4n) is 3.52. The first-order chi connectivity index (χ1) is 13.4. The molecule has 7 nitrogen and oxygen atoms in total. The number of aliphatic carboxylic acids is 1. The summed E-state index contributed by atoms with van der Waals surface area (Å²) >= 11 is 0. The Hall–Kier alpha value is -2.28. The number of fused-ring (bicyclic) bond motifs is 1. The molecule has 0 bridgehead atoms. The summed E-state index contributed by atoms with van der Waals surface area (Å²) in [5, 5.41) is 12.4. The lowest BCUT2D eigenvalue weighted by molar-refractivity contribution is -0.143. The Morgan fingerprint density at radius 2 is 1.86 bits per heavy atom. The summed E-state index contributed by atoms with van der Waals surface area (Å²) in [7, 11) is 0. The molecule has 28 heavy (non-hydrogen) atoms. The maximum atomic E-state index is 12.7. The molecule has 3 rings (SSSR count). The monoisotopic (exact) mass is 390 g/mol. The highest BCUT2D eigenvalue weighted by atomic mass is 16.5. The van der Waals surface area contributed by atoms with Crippen molar-refractivity contribution in [1.29, 1.82) is 0 Å². The van der Waals surface area contributed by atoms with Gasteiger partial charge in [-0.25, -0.2) is 0 Å². The first kappa shape index (κ1) is 20.5. The van der Waals surface area contributed by atoms with E-state index in [-0.39, 0.29) is 30.5 Å². The Labute approximate surface area is 166 Å². The number of carboxylic acids is 1. The quantitative estimate of drug-likeness (QED) is 0.709. The molecule has 0 radical (unpaired) electrons. The summed E-state index contributed by atoms with van der Waals surface area (Å²) < 4.78 is 11.5. The minimum Gasteiger partial charge on any atom is -0.490 e. The third-order valence-corrected chi connectivity index (χ3v) is 5.31. The van der Waals surface area contributed by atoms with Crippen molar-refractivity contribution in [2.24, 2.45) is 5.92 Å². The summed E-state index contributed by atoms with van der Waals surface area (Å²) in [6.07, 6.45) is 2.73. The van der Waals surface area contributed by atoms with Gasteiger partial charge in [-0.05, 0) is 43.4 Å². The average Bonchev–Trinajstić information content (AvgIpc) is 3.49. The van der Waals surface area contributed by atoms with Crippen LogP contribution >= 0.6 is 0 Å². The fourth-order valence-corrected chi connectivity index (χ4v) is 3.52. The number of benzene rings is 1. The van der Waals surface area contributed by atoms with Gasteiger partial charge in [-0.1, -0.05) is 19.9 Å². The predicted octanol–water partition coefficient (Wildman–Crippen LogP) is 2.60. The zero-order valence-electron chi connectivity index (χ0n) is 16.8. The molecule has 0 aromatic heterocycles. The van der Waals surface area contributed by atoms with Gasteiger partial charge in [-0.15, -0.1) is 0 Å². The van der Waals surface area contributed by atoms with Gasteiger partial charge in [-0.3, -0.25) is 14.5 Å². The molecular formula is C21H30N2O5. The van der Waals surface area contributed by atoms with Crippen LogP contribution in [-0.4, -0.2) is 53.7 Å². The molecule has 154 valence electrons. The highest BCUT2D eigenvalue weighted by Gasteiger charge is 2.36. The molecule has 7 heteroatoms. The molecule has 1 aromatic carbocycles. The number of carboxylic acid groups (broad SMARTS) is 1. The molecule has 1 heterocycles. The number of ether oxygens (including phenoxy) is 2. The molecular weight excluding hydrogens is 360 g/mol. The van der Waals surface area contributed by atoms with Gasteiger partial charge in [0, 0.05) is 12.5 Å². The van der Waals surface area contributed by atoms with Crippen LogP contribution in [0, 0.1) is 5.92 Å². The van der Waals surface area contributed by atoms with E-state index in [0.29, 0.717) is 19.0 Å². The molecule has 1 aliphatic heterocycles. The van der Waals surface area contributed by atoms with Crippen LogP contribution in [0.3, 0.4) is 0 Å². The van der Waals surface area contributed by atoms with E-state index in [0.717, 1.165) is 30.6 Å². The number of nitrogens with one attached hydrogen (secondary N) is 1. The van der Waals surface area contributed by atoms with Gasteiger partial charge in [-0.2, -0.15) is 0 Å². The van der Waals surface area contributed by atoms with Gasteiger partial charge in [0.25, 0.3) is 0 Å². The highest BCUT2D eigenvalue weighted by molar-refractivity contribution is 5.80. The van der Waals surface area contributed by atoms with Crippen LogP contribution in [0.1, 0.15) is 51.6 Å². The number of hydrogen-bond donors (Lipinski definition) is 2. The van der Waals surface area contributed by atoms with Crippen LogP contribution in [0.15, 0.2) is 18.2 Å². The van der Waals surface area contributed by atoms with Gasteiger partial charge in [0.1, 0.15) is 6.04 Å². The lowest BCUT2D eigenvalue weighted by Crippen LogP contribution is -2.47. The average molecular weight is 390 g/mol. The molecule has 1 fully saturated rings. The highest BCUT2D eigenvalue weighted by Crippen LogP contribution is 2.34. The Morgan fingerprint density at radius 3 is 2.46 bits per heavy atom. The predicted molar refractivity (Wildman–Crippen MR) is 105 cm³/mol.